The van der Waals surface area contributed by atoms with E-state index in [1.165, 1.54) is 0 Å². The SMILES string of the molecule is O=C(C1CCN(Cc2nnc(C(F)(F)F)o2)C1)N1CCSCC1. The number of aromatic nitrogens is 2. The lowest BCUT2D eigenvalue weighted by Gasteiger charge is -2.28. The molecule has 3 rings (SSSR count). The van der Waals surface area contributed by atoms with E-state index in [0.717, 1.165) is 24.6 Å². The molecule has 0 N–H and O–H groups in total. The van der Waals surface area contributed by atoms with Gasteiger partial charge in [0.2, 0.25) is 11.8 Å². The third kappa shape index (κ3) is 3.97. The van der Waals surface area contributed by atoms with Gasteiger partial charge in [0.05, 0.1) is 12.5 Å². The predicted molar refractivity (Wildman–Crippen MR) is 76.6 cm³/mol. The molecule has 1 aromatic rings. The van der Waals surface area contributed by atoms with Crippen LogP contribution < -0.4 is 0 Å². The van der Waals surface area contributed by atoms with Crippen molar-refractivity contribution in [2.24, 2.45) is 5.92 Å². The molecule has 128 valence electrons. The van der Waals surface area contributed by atoms with Gasteiger partial charge < -0.3 is 9.32 Å². The summed E-state index contributed by atoms with van der Waals surface area (Å²) in [5.74, 6) is 0.580. The summed E-state index contributed by atoms with van der Waals surface area (Å²) in [6, 6.07) is 0. The van der Waals surface area contributed by atoms with Gasteiger partial charge in [-0.3, -0.25) is 9.69 Å². The quantitative estimate of drug-likeness (QED) is 0.823. The number of halogens is 3. The van der Waals surface area contributed by atoms with Crippen LogP contribution in [0.15, 0.2) is 4.42 Å². The number of amides is 1. The molecule has 0 spiro atoms. The van der Waals surface area contributed by atoms with Crippen molar-refractivity contribution in [2.45, 2.75) is 19.1 Å². The summed E-state index contributed by atoms with van der Waals surface area (Å²) in [6.45, 7) is 2.86. The molecular weight excluding hydrogens is 333 g/mol. The Morgan fingerprint density at radius 2 is 2.00 bits per heavy atom. The van der Waals surface area contributed by atoms with Crippen molar-refractivity contribution in [2.75, 3.05) is 37.7 Å². The van der Waals surface area contributed by atoms with Crippen LogP contribution in [0, 0.1) is 5.92 Å². The highest BCUT2D eigenvalue weighted by atomic mass is 32.2. The fraction of sp³-hybridized carbons (Fsp3) is 0.769. The third-order valence-corrected chi connectivity index (χ3v) is 4.96. The molecule has 1 unspecified atom stereocenters. The number of rotatable bonds is 3. The van der Waals surface area contributed by atoms with Crippen LogP contribution in [0.25, 0.3) is 0 Å². The van der Waals surface area contributed by atoms with Crippen molar-refractivity contribution in [3.63, 3.8) is 0 Å². The standard InChI is InChI=1S/C13H17F3N4O2S/c14-13(15,16)12-18-17-10(22-12)8-19-2-1-9(7-19)11(21)20-3-5-23-6-4-20/h9H,1-8H2. The van der Waals surface area contributed by atoms with E-state index < -0.39 is 12.1 Å². The van der Waals surface area contributed by atoms with Crippen molar-refractivity contribution in [1.82, 2.24) is 20.0 Å². The number of hydrogen-bond donors (Lipinski definition) is 0. The molecule has 2 aliphatic heterocycles. The molecule has 2 saturated heterocycles. The third-order valence-electron chi connectivity index (χ3n) is 4.01. The number of carbonyl (C=O) groups is 1. The molecule has 0 radical (unpaired) electrons. The number of hydrogen-bond acceptors (Lipinski definition) is 6. The lowest BCUT2D eigenvalue weighted by atomic mass is 10.1. The molecule has 10 heteroatoms. The number of likely N-dealkylation sites (tertiary alicyclic amines) is 1. The Hall–Kier alpha value is -1.29. The number of nitrogens with zero attached hydrogens (tertiary/aromatic N) is 4. The van der Waals surface area contributed by atoms with Crippen LogP contribution in [-0.4, -0.2) is 63.6 Å². The minimum atomic E-state index is -4.62. The van der Waals surface area contributed by atoms with Gasteiger partial charge in [0.15, 0.2) is 0 Å². The maximum Gasteiger partial charge on any atom is 0.470 e. The largest absolute Gasteiger partial charge is 0.470 e. The van der Waals surface area contributed by atoms with E-state index in [0.29, 0.717) is 19.5 Å². The second kappa shape index (κ2) is 6.68. The normalized spacial score (nSPS) is 23.4. The van der Waals surface area contributed by atoms with Crippen LogP contribution in [0.3, 0.4) is 0 Å². The molecule has 2 aliphatic rings. The van der Waals surface area contributed by atoms with Gasteiger partial charge in [0, 0.05) is 31.1 Å². The molecule has 0 aliphatic carbocycles. The van der Waals surface area contributed by atoms with E-state index in [2.05, 4.69) is 14.6 Å². The molecule has 1 aromatic heterocycles. The molecule has 1 amide bonds. The van der Waals surface area contributed by atoms with Crippen LogP contribution in [0.4, 0.5) is 13.2 Å². The maximum atomic E-state index is 12.4. The molecule has 0 aromatic carbocycles. The highest BCUT2D eigenvalue weighted by molar-refractivity contribution is 7.99. The molecule has 3 heterocycles. The van der Waals surface area contributed by atoms with Gasteiger partial charge in [-0.1, -0.05) is 0 Å². The van der Waals surface area contributed by atoms with Gasteiger partial charge >= 0.3 is 12.1 Å². The van der Waals surface area contributed by atoms with Crippen molar-refractivity contribution in [3.05, 3.63) is 11.8 Å². The maximum absolute atomic E-state index is 12.4. The highest BCUT2D eigenvalue weighted by Gasteiger charge is 2.38. The fourth-order valence-electron chi connectivity index (χ4n) is 2.84. The zero-order chi connectivity index (χ0) is 16.4. The van der Waals surface area contributed by atoms with Gasteiger partial charge in [-0.25, -0.2) is 0 Å². The second-order valence-corrected chi connectivity index (χ2v) is 6.88. The number of thioether (sulfide) groups is 1. The Kier molecular flexibility index (Phi) is 4.81. The topological polar surface area (TPSA) is 62.5 Å². The first-order chi connectivity index (χ1) is 10.9. The van der Waals surface area contributed by atoms with Crippen molar-refractivity contribution in [3.8, 4) is 0 Å². The van der Waals surface area contributed by atoms with Crippen molar-refractivity contribution in [1.29, 1.82) is 0 Å². The zero-order valence-electron chi connectivity index (χ0n) is 12.4. The zero-order valence-corrected chi connectivity index (χ0v) is 13.2. The second-order valence-electron chi connectivity index (χ2n) is 5.66. The molecular formula is C13H17F3N4O2S. The summed E-state index contributed by atoms with van der Waals surface area (Å²) in [7, 11) is 0. The van der Waals surface area contributed by atoms with Gasteiger partial charge in [-0.2, -0.15) is 24.9 Å². The molecule has 0 saturated carbocycles. The van der Waals surface area contributed by atoms with Crippen LogP contribution >= 0.6 is 11.8 Å². The van der Waals surface area contributed by atoms with E-state index in [4.69, 9.17) is 0 Å². The molecule has 0 bridgehead atoms. The minimum absolute atomic E-state index is 0.0696. The van der Waals surface area contributed by atoms with Gasteiger partial charge in [-0.05, 0) is 13.0 Å². The first kappa shape index (κ1) is 16.6. The molecule has 1 atom stereocenters. The Morgan fingerprint density at radius 1 is 1.26 bits per heavy atom. The van der Waals surface area contributed by atoms with Gasteiger partial charge in [0.25, 0.3) is 0 Å². The van der Waals surface area contributed by atoms with E-state index in [1.54, 1.807) is 0 Å². The highest BCUT2D eigenvalue weighted by Crippen LogP contribution is 2.28. The Morgan fingerprint density at radius 3 is 2.65 bits per heavy atom. The average molecular weight is 350 g/mol. The summed E-state index contributed by atoms with van der Waals surface area (Å²) in [6.07, 6.45) is -3.91. The smallest absolute Gasteiger partial charge is 0.416 e. The fourth-order valence-corrected chi connectivity index (χ4v) is 3.75. The van der Waals surface area contributed by atoms with Crippen molar-refractivity contribution >= 4 is 17.7 Å². The summed E-state index contributed by atoms with van der Waals surface area (Å²) in [5, 5.41) is 6.44. The summed E-state index contributed by atoms with van der Waals surface area (Å²) in [5.41, 5.74) is 0. The number of carbonyl (C=O) groups excluding carboxylic acids is 1. The summed E-state index contributed by atoms with van der Waals surface area (Å²) in [4.78, 5) is 16.2. The lowest BCUT2D eigenvalue weighted by molar-refractivity contribution is -0.157. The summed E-state index contributed by atoms with van der Waals surface area (Å²) >= 11 is 1.84. The van der Waals surface area contributed by atoms with Gasteiger partial charge in [-0.15, -0.1) is 10.2 Å². The van der Waals surface area contributed by atoms with E-state index in [9.17, 15) is 18.0 Å². The number of alkyl halides is 3. The lowest BCUT2D eigenvalue weighted by Crippen LogP contribution is -2.42. The van der Waals surface area contributed by atoms with E-state index >= 15 is 0 Å². The Balaban J connectivity index is 1.53. The van der Waals surface area contributed by atoms with E-state index in [-0.39, 0.29) is 24.3 Å². The average Bonchev–Trinajstić information content (AvgIpc) is 3.17. The Bertz CT molecular complexity index is 560. The Labute approximate surface area is 135 Å². The van der Waals surface area contributed by atoms with Crippen LogP contribution in [-0.2, 0) is 17.5 Å². The first-order valence-electron chi connectivity index (χ1n) is 7.42. The molecule has 23 heavy (non-hydrogen) atoms. The summed E-state index contributed by atoms with van der Waals surface area (Å²) < 4.78 is 41.9. The van der Waals surface area contributed by atoms with Crippen molar-refractivity contribution < 1.29 is 22.4 Å². The van der Waals surface area contributed by atoms with Gasteiger partial charge in [0.1, 0.15) is 0 Å². The van der Waals surface area contributed by atoms with E-state index in [1.807, 2.05) is 21.6 Å². The monoisotopic (exact) mass is 350 g/mol. The molecule has 6 nitrogen and oxygen atoms in total. The van der Waals surface area contributed by atoms with Crippen LogP contribution in [0.5, 0.6) is 0 Å². The predicted octanol–water partition coefficient (Wildman–Crippen LogP) is 1.49. The first-order valence-corrected chi connectivity index (χ1v) is 8.57. The van der Waals surface area contributed by atoms with Crippen LogP contribution in [0.2, 0.25) is 0 Å². The minimum Gasteiger partial charge on any atom is -0.416 e. The van der Waals surface area contributed by atoms with Crippen LogP contribution in [0.1, 0.15) is 18.2 Å². The molecule has 2 fully saturated rings.